The number of aromatic nitrogens is 1. The molecule has 2 rings (SSSR count). The lowest BCUT2D eigenvalue weighted by Gasteiger charge is -2.15. The van der Waals surface area contributed by atoms with Crippen LogP contribution in [-0.4, -0.2) is 32.3 Å². The molecular weight excluding hydrogens is 438 g/mol. The van der Waals surface area contributed by atoms with Crippen LogP contribution in [0, 0.1) is 11.6 Å². The molecule has 0 unspecified atom stereocenters. The highest BCUT2D eigenvalue weighted by atomic mass is 79.9. The van der Waals surface area contributed by atoms with Gasteiger partial charge in [-0.25, -0.2) is 17.6 Å². The van der Waals surface area contributed by atoms with E-state index in [1.807, 2.05) is 0 Å². The summed E-state index contributed by atoms with van der Waals surface area (Å²) in [5.74, 6) is -4.08. The number of methoxy groups -OCH3 is 1. The lowest BCUT2D eigenvalue weighted by atomic mass is 10.2. The third-order valence-corrected chi connectivity index (χ3v) is 4.43. The molecule has 0 fully saturated rings. The van der Waals surface area contributed by atoms with E-state index in [0.717, 1.165) is 25.6 Å². The average molecular weight is 451 g/mol. The molecule has 1 aromatic carbocycles. The van der Waals surface area contributed by atoms with Crippen LogP contribution < -0.4 is 10.9 Å². The minimum Gasteiger partial charge on any atom is -0.465 e. The third kappa shape index (κ3) is 4.47. The molecule has 0 bridgehead atoms. The van der Waals surface area contributed by atoms with Crippen LogP contribution in [0.5, 0.6) is 0 Å². The zero-order chi connectivity index (χ0) is 19.6. The van der Waals surface area contributed by atoms with Gasteiger partial charge in [-0.05, 0) is 18.2 Å². The number of nitrogens with one attached hydrogen (secondary N) is 1. The minimum atomic E-state index is -3.69. The van der Waals surface area contributed by atoms with Gasteiger partial charge in [-0.15, -0.1) is 0 Å². The largest absolute Gasteiger partial charge is 0.465 e. The van der Waals surface area contributed by atoms with Gasteiger partial charge in [-0.3, -0.25) is 9.36 Å². The Morgan fingerprint density at radius 3 is 2.54 bits per heavy atom. The highest BCUT2D eigenvalue weighted by molar-refractivity contribution is 9.10. The van der Waals surface area contributed by atoms with Crippen LogP contribution in [0.4, 0.5) is 20.2 Å². The molecule has 26 heavy (non-hydrogen) atoms. The Morgan fingerprint density at radius 1 is 1.35 bits per heavy atom. The first-order chi connectivity index (χ1) is 12.0. The van der Waals surface area contributed by atoms with E-state index in [-0.39, 0.29) is 5.69 Å². The van der Waals surface area contributed by atoms with Gasteiger partial charge in [0.1, 0.15) is 17.3 Å². The van der Waals surface area contributed by atoms with Gasteiger partial charge >= 0.3 is 5.97 Å². The number of carbonyl (C=O) groups excluding carboxylic acids is 1. The number of sulfone groups is 1. The summed E-state index contributed by atoms with van der Waals surface area (Å²) in [6, 6.07) is 3.83. The monoisotopic (exact) mass is 450 g/mol. The highest BCUT2D eigenvalue weighted by Crippen LogP contribution is 2.27. The first-order valence-electron chi connectivity index (χ1n) is 6.94. The fourth-order valence-corrected chi connectivity index (χ4v) is 3.12. The average Bonchev–Trinajstić information content (AvgIpc) is 2.54. The standard InChI is InChI=1S/C15H13BrF2N2O5S/c1-25-15(22)9-6-20(7-26(2,23)24)14(21)12(18)13(9)19-11-4-3-8(16)5-10(11)17/h3-6,19H,7H2,1-2H3. The first-order valence-corrected chi connectivity index (χ1v) is 9.80. The number of nitrogens with zero attached hydrogens (tertiary/aromatic N) is 1. The summed E-state index contributed by atoms with van der Waals surface area (Å²) in [5.41, 5.74) is -2.57. The van der Waals surface area contributed by atoms with Crippen molar-refractivity contribution in [1.29, 1.82) is 0 Å². The Kier molecular flexibility index (Phi) is 5.81. The van der Waals surface area contributed by atoms with E-state index in [9.17, 15) is 26.8 Å². The van der Waals surface area contributed by atoms with Crippen molar-refractivity contribution in [2.75, 3.05) is 18.7 Å². The minimum absolute atomic E-state index is 0.197. The highest BCUT2D eigenvalue weighted by Gasteiger charge is 2.23. The Morgan fingerprint density at radius 2 is 2.00 bits per heavy atom. The molecule has 0 amide bonds. The lowest BCUT2D eigenvalue weighted by Crippen LogP contribution is -2.29. The molecule has 0 saturated heterocycles. The maximum atomic E-state index is 14.6. The smallest absolute Gasteiger partial charge is 0.341 e. The predicted octanol–water partition coefficient (Wildman–Crippen LogP) is 2.42. The van der Waals surface area contributed by atoms with Crippen molar-refractivity contribution in [2.45, 2.75) is 5.88 Å². The molecule has 0 atom stereocenters. The number of ether oxygens (including phenoxy) is 1. The molecule has 1 heterocycles. The van der Waals surface area contributed by atoms with Crippen LogP contribution in [-0.2, 0) is 20.5 Å². The summed E-state index contributed by atoms with van der Waals surface area (Å²) in [7, 11) is -2.67. The van der Waals surface area contributed by atoms with Crippen LogP contribution in [0.2, 0.25) is 0 Å². The van der Waals surface area contributed by atoms with E-state index in [1.165, 1.54) is 12.1 Å². The summed E-state index contributed by atoms with van der Waals surface area (Å²) in [5, 5.41) is 2.35. The SMILES string of the molecule is COC(=O)c1cn(CS(C)(=O)=O)c(=O)c(F)c1Nc1ccc(Br)cc1F. The van der Waals surface area contributed by atoms with E-state index in [4.69, 9.17) is 0 Å². The molecule has 140 valence electrons. The number of benzene rings is 1. The normalized spacial score (nSPS) is 11.3. The Labute approximate surface area is 155 Å². The molecule has 0 radical (unpaired) electrons. The second-order valence-corrected chi connectivity index (χ2v) is 8.33. The van der Waals surface area contributed by atoms with E-state index >= 15 is 0 Å². The van der Waals surface area contributed by atoms with E-state index < -0.39 is 50.1 Å². The molecule has 7 nitrogen and oxygen atoms in total. The molecule has 0 spiro atoms. The van der Waals surface area contributed by atoms with Gasteiger partial charge < -0.3 is 10.1 Å². The van der Waals surface area contributed by atoms with Gasteiger partial charge in [-0.2, -0.15) is 4.39 Å². The van der Waals surface area contributed by atoms with Crippen molar-refractivity contribution < 1.29 is 26.7 Å². The summed E-state index contributed by atoms with van der Waals surface area (Å²) >= 11 is 3.07. The number of esters is 1. The van der Waals surface area contributed by atoms with E-state index in [2.05, 4.69) is 26.0 Å². The van der Waals surface area contributed by atoms with Crippen molar-refractivity contribution in [3.63, 3.8) is 0 Å². The molecule has 0 aliphatic heterocycles. The number of carbonyl (C=O) groups is 1. The lowest BCUT2D eigenvalue weighted by molar-refractivity contribution is 0.0600. The number of anilines is 2. The molecule has 1 N–H and O–H groups in total. The van der Waals surface area contributed by atoms with E-state index in [0.29, 0.717) is 9.04 Å². The topological polar surface area (TPSA) is 94.5 Å². The Hall–Kier alpha value is -2.27. The molecule has 0 aliphatic rings. The van der Waals surface area contributed by atoms with Crippen molar-refractivity contribution in [1.82, 2.24) is 4.57 Å². The molecular formula is C15H13BrF2N2O5S. The van der Waals surface area contributed by atoms with Crippen LogP contribution in [0.1, 0.15) is 10.4 Å². The van der Waals surface area contributed by atoms with Crippen molar-refractivity contribution >= 4 is 43.1 Å². The summed E-state index contributed by atoms with van der Waals surface area (Å²) in [6.45, 7) is 0. The van der Waals surface area contributed by atoms with E-state index in [1.54, 1.807) is 0 Å². The second-order valence-electron chi connectivity index (χ2n) is 5.30. The number of halogens is 3. The first kappa shape index (κ1) is 20.0. The van der Waals surface area contributed by atoms with Crippen molar-refractivity contribution in [3.05, 3.63) is 56.4 Å². The fourth-order valence-electron chi connectivity index (χ4n) is 2.09. The zero-order valence-electron chi connectivity index (χ0n) is 13.5. The molecule has 1 aromatic heterocycles. The van der Waals surface area contributed by atoms with Gasteiger partial charge in [0.05, 0.1) is 18.5 Å². The summed E-state index contributed by atoms with van der Waals surface area (Å²) in [4.78, 5) is 24.0. The van der Waals surface area contributed by atoms with Gasteiger partial charge in [-0.1, -0.05) is 15.9 Å². The third-order valence-electron chi connectivity index (χ3n) is 3.19. The Balaban J connectivity index is 2.66. The Bertz CT molecular complexity index is 1040. The van der Waals surface area contributed by atoms with Gasteiger partial charge in [0.2, 0.25) is 5.82 Å². The molecule has 2 aromatic rings. The predicted molar refractivity (Wildman–Crippen MR) is 94.2 cm³/mol. The quantitative estimate of drug-likeness (QED) is 0.702. The number of rotatable bonds is 5. The molecule has 0 saturated carbocycles. The number of hydrogen-bond acceptors (Lipinski definition) is 6. The second kappa shape index (κ2) is 7.54. The summed E-state index contributed by atoms with van der Waals surface area (Å²) < 4.78 is 56.8. The fraction of sp³-hybridized carbons (Fsp3) is 0.200. The number of pyridine rings is 1. The van der Waals surface area contributed by atoms with Gasteiger partial charge in [0.15, 0.2) is 9.84 Å². The van der Waals surface area contributed by atoms with Crippen LogP contribution in [0.25, 0.3) is 0 Å². The maximum absolute atomic E-state index is 14.6. The van der Waals surface area contributed by atoms with Crippen LogP contribution in [0.15, 0.2) is 33.7 Å². The van der Waals surface area contributed by atoms with Crippen molar-refractivity contribution in [3.8, 4) is 0 Å². The zero-order valence-corrected chi connectivity index (χ0v) is 15.9. The van der Waals surface area contributed by atoms with Gasteiger partial charge in [0, 0.05) is 16.9 Å². The van der Waals surface area contributed by atoms with Gasteiger partial charge in [0.25, 0.3) is 5.56 Å². The number of hydrogen-bond donors (Lipinski definition) is 1. The maximum Gasteiger partial charge on any atom is 0.341 e. The summed E-state index contributed by atoms with van der Waals surface area (Å²) in [6.07, 6.45) is 1.69. The molecule has 0 aliphatic carbocycles. The van der Waals surface area contributed by atoms with Crippen LogP contribution in [0.3, 0.4) is 0 Å². The molecule has 11 heteroatoms. The van der Waals surface area contributed by atoms with Crippen LogP contribution >= 0.6 is 15.9 Å². The van der Waals surface area contributed by atoms with Crippen molar-refractivity contribution in [2.24, 2.45) is 0 Å².